The molecule has 2 fully saturated rings. The maximum absolute atomic E-state index is 14.6. The van der Waals surface area contributed by atoms with Gasteiger partial charge in [-0.1, -0.05) is 66.8 Å². The van der Waals surface area contributed by atoms with Crippen LogP contribution < -0.4 is 4.90 Å². The largest absolute Gasteiger partial charge is 0.396 e. The van der Waals surface area contributed by atoms with Gasteiger partial charge in [0.15, 0.2) is 0 Å². The lowest BCUT2D eigenvalue weighted by atomic mass is 9.73. The van der Waals surface area contributed by atoms with Crippen LogP contribution >= 0.6 is 0 Å². The highest BCUT2D eigenvalue weighted by Gasteiger charge is 2.75. The number of likely N-dealkylation sites (tertiary alicyclic amines) is 1. The molecule has 0 saturated carbocycles. The van der Waals surface area contributed by atoms with Gasteiger partial charge in [0, 0.05) is 31.9 Å². The molecular weight excluding hydrogens is 548 g/mol. The van der Waals surface area contributed by atoms with E-state index in [9.17, 15) is 19.5 Å². The summed E-state index contributed by atoms with van der Waals surface area (Å²) in [6.45, 7) is 2.73. The van der Waals surface area contributed by atoms with Gasteiger partial charge in [-0.25, -0.2) is 4.68 Å². The second-order valence-electron chi connectivity index (χ2n) is 11.6. The first-order valence-electron chi connectivity index (χ1n) is 14.8. The van der Waals surface area contributed by atoms with Gasteiger partial charge < -0.3 is 24.5 Å². The van der Waals surface area contributed by atoms with Crippen LogP contribution in [0.4, 0.5) is 5.69 Å². The van der Waals surface area contributed by atoms with Gasteiger partial charge >= 0.3 is 0 Å². The van der Waals surface area contributed by atoms with Crippen LogP contribution in [0.3, 0.4) is 0 Å². The summed E-state index contributed by atoms with van der Waals surface area (Å²) in [5.41, 5.74) is -0.178. The van der Waals surface area contributed by atoms with E-state index in [1.807, 2.05) is 85.8 Å². The molecule has 11 heteroatoms. The van der Waals surface area contributed by atoms with Crippen molar-refractivity contribution < 1.29 is 24.2 Å². The SMILES string of the molecule is CC[C@]12C=CCN(c3ccccc3)C(=O)[C@H]1[C@H]1C(=O)N(CCCO)C3C(=O)N(Cn4nnc5ccccc54)CC=C[C@@]31O2. The van der Waals surface area contributed by atoms with Crippen molar-refractivity contribution in [3.8, 4) is 0 Å². The van der Waals surface area contributed by atoms with E-state index in [1.165, 1.54) is 4.90 Å². The highest BCUT2D eigenvalue weighted by molar-refractivity contribution is 6.04. The van der Waals surface area contributed by atoms with Crippen molar-refractivity contribution in [2.75, 3.05) is 31.1 Å². The number of nitrogens with zero attached hydrogens (tertiary/aromatic N) is 6. The fourth-order valence-corrected chi connectivity index (χ4v) is 7.44. The third-order valence-electron chi connectivity index (χ3n) is 9.37. The van der Waals surface area contributed by atoms with Crippen molar-refractivity contribution in [2.24, 2.45) is 11.8 Å². The lowest BCUT2D eigenvalue weighted by molar-refractivity contribution is -0.153. The average Bonchev–Trinajstić information content (AvgIpc) is 3.57. The van der Waals surface area contributed by atoms with Gasteiger partial charge in [-0.05, 0) is 37.1 Å². The van der Waals surface area contributed by atoms with E-state index in [0.717, 1.165) is 16.7 Å². The molecule has 1 unspecified atom stereocenters. The van der Waals surface area contributed by atoms with Crippen LogP contribution in [0.5, 0.6) is 0 Å². The number of amides is 3. The predicted molar refractivity (Wildman–Crippen MR) is 157 cm³/mol. The molecule has 1 aromatic heterocycles. The normalized spacial score (nSPS) is 30.0. The first-order valence-corrected chi connectivity index (χ1v) is 14.8. The Morgan fingerprint density at radius 3 is 2.49 bits per heavy atom. The molecular formula is C32H34N6O5. The third-order valence-corrected chi connectivity index (χ3v) is 9.37. The number of hydrogen-bond acceptors (Lipinski definition) is 7. The Bertz CT molecular complexity index is 1640. The highest BCUT2D eigenvalue weighted by atomic mass is 16.5. The number of aliphatic hydroxyl groups is 1. The number of hydrogen-bond donors (Lipinski definition) is 1. The highest BCUT2D eigenvalue weighted by Crippen LogP contribution is 2.58. The summed E-state index contributed by atoms with van der Waals surface area (Å²) in [4.78, 5) is 48.4. The van der Waals surface area contributed by atoms with Crippen molar-refractivity contribution in [3.05, 3.63) is 78.9 Å². The molecule has 5 atom stereocenters. The van der Waals surface area contributed by atoms with Crippen LogP contribution in [-0.2, 0) is 25.8 Å². The zero-order valence-corrected chi connectivity index (χ0v) is 24.0. The molecule has 5 heterocycles. The van der Waals surface area contributed by atoms with E-state index >= 15 is 0 Å². The Kier molecular flexibility index (Phi) is 6.66. The van der Waals surface area contributed by atoms with Gasteiger partial charge in [-0.2, -0.15) is 0 Å². The smallest absolute Gasteiger partial charge is 0.250 e. The molecule has 0 aliphatic carbocycles. The lowest BCUT2D eigenvalue weighted by Gasteiger charge is -2.38. The van der Waals surface area contributed by atoms with E-state index in [1.54, 1.807) is 14.5 Å². The molecule has 2 saturated heterocycles. The fraction of sp³-hybridized carbons (Fsp3) is 0.406. The van der Waals surface area contributed by atoms with Gasteiger partial charge in [0.1, 0.15) is 23.8 Å². The molecule has 7 rings (SSSR count). The van der Waals surface area contributed by atoms with E-state index in [4.69, 9.17) is 4.74 Å². The molecule has 222 valence electrons. The molecule has 2 aromatic carbocycles. The van der Waals surface area contributed by atoms with Crippen molar-refractivity contribution >= 4 is 34.4 Å². The number of aromatic nitrogens is 3. The van der Waals surface area contributed by atoms with Crippen molar-refractivity contribution in [2.45, 2.75) is 43.7 Å². The van der Waals surface area contributed by atoms with Gasteiger partial charge in [-0.3, -0.25) is 14.4 Å². The van der Waals surface area contributed by atoms with E-state index in [2.05, 4.69) is 10.3 Å². The Balaban J connectivity index is 1.31. The van der Waals surface area contributed by atoms with E-state index < -0.39 is 29.1 Å². The van der Waals surface area contributed by atoms with Crippen molar-refractivity contribution in [3.63, 3.8) is 0 Å². The van der Waals surface area contributed by atoms with Crippen LogP contribution in [0.25, 0.3) is 11.0 Å². The summed E-state index contributed by atoms with van der Waals surface area (Å²) in [5.74, 6) is -2.55. The standard InChI is InChI=1S/C32H34N6O5/c1-2-31-15-8-18-36(22-11-4-3-5-12-22)28(40)25(31)26-29(41)37(19-10-20-39)27-30(42)35(17-9-16-32(26,27)43-31)21-38-24-14-7-6-13-23(24)33-34-38/h3-9,11-16,25-27,39H,2,10,17-21H2,1H3/t25-,26+,27?,31+,32+/m1/s1. The van der Waals surface area contributed by atoms with Crippen LogP contribution in [0.1, 0.15) is 19.8 Å². The number of carbonyl (C=O) groups is 3. The van der Waals surface area contributed by atoms with Crippen LogP contribution in [0.15, 0.2) is 78.9 Å². The zero-order chi connectivity index (χ0) is 29.8. The summed E-state index contributed by atoms with van der Waals surface area (Å²) in [7, 11) is 0. The molecule has 1 spiro atoms. The van der Waals surface area contributed by atoms with Gasteiger partial charge in [0.2, 0.25) is 11.8 Å². The number of ether oxygens (including phenoxy) is 1. The summed E-state index contributed by atoms with van der Waals surface area (Å²) in [6, 6.07) is 15.9. The number of aliphatic hydroxyl groups excluding tert-OH is 1. The number of para-hydroxylation sites is 2. The monoisotopic (exact) mass is 582 g/mol. The van der Waals surface area contributed by atoms with Crippen LogP contribution in [-0.4, -0.2) is 91.1 Å². The van der Waals surface area contributed by atoms with Gasteiger partial charge in [0.25, 0.3) is 5.91 Å². The topological polar surface area (TPSA) is 121 Å². The molecule has 4 aliphatic rings. The van der Waals surface area contributed by atoms with E-state index in [0.29, 0.717) is 19.4 Å². The molecule has 4 aliphatic heterocycles. The van der Waals surface area contributed by atoms with Crippen molar-refractivity contribution in [1.29, 1.82) is 0 Å². The number of fused-ring (bicyclic) bond motifs is 3. The Morgan fingerprint density at radius 1 is 0.930 bits per heavy atom. The maximum Gasteiger partial charge on any atom is 0.250 e. The van der Waals surface area contributed by atoms with Crippen molar-refractivity contribution in [1.82, 2.24) is 24.8 Å². The summed E-state index contributed by atoms with van der Waals surface area (Å²) < 4.78 is 8.68. The Hall–Kier alpha value is -4.35. The molecule has 0 bridgehead atoms. The molecule has 3 aromatic rings. The molecule has 3 amide bonds. The number of rotatable bonds is 7. The van der Waals surface area contributed by atoms with Crippen LogP contribution in [0, 0.1) is 11.8 Å². The summed E-state index contributed by atoms with van der Waals surface area (Å²) in [6.07, 6.45) is 8.31. The second-order valence-corrected chi connectivity index (χ2v) is 11.6. The lowest BCUT2D eigenvalue weighted by Crippen LogP contribution is -2.56. The Labute approximate surface area is 249 Å². The zero-order valence-electron chi connectivity index (χ0n) is 24.0. The summed E-state index contributed by atoms with van der Waals surface area (Å²) >= 11 is 0. The average molecular weight is 583 g/mol. The number of carbonyl (C=O) groups excluding carboxylic acids is 3. The molecule has 1 N–H and O–H groups in total. The van der Waals surface area contributed by atoms with Gasteiger partial charge in [0.05, 0.1) is 23.0 Å². The predicted octanol–water partition coefficient (Wildman–Crippen LogP) is 2.13. The Morgan fingerprint density at radius 2 is 1.70 bits per heavy atom. The minimum absolute atomic E-state index is 0.131. The first-order chi connectivity index (χ1) is 20.9. The van der Waals surface area contributed by atoms with E-state index in [-0.39, 0.29) is 44.1 Å². The maximum atomic E-state index is 14.6. The third kappa shape index (κ3) is 4.05. The number of benzene rings is 2. The molecule has 11 nitrogen and oxygen atoms in total. The van der Waals surface area contributed by atoms with Gasteiger partial charge in [-0.15, -0.1) is 5.10 Å². The fourth-order valence-electron chi connectivity index (χ4n) is 7.44. The second kappa shape index (κ2) is 10.4. The minimum atomic E-state index is -1.36. The van der Waals surface area contributed by atoms with Crippen LogP contribution in [0.2, 0.25) is 0 Å². The summed E-state index contributed by atoms with van der Waals surface area (Å²) in [5, 5.41) is 18.2. The molecule has 43 heavy (non-hydrogen) atoms. The number of anilines is 1. The quantitative estimate of drug-likeness (QED) is 0.424. The molecule has 0 radical (unpaired) electrons. The first kappa shape index (κ1) is 27.5. The minimum Gasteiger partial charge on any atom is -0.396 e.